The lowest BCUT2D eigenvalue weighted by Gasteiger charge is -2.13. The number of ether oxygens (including phenoxy) is 3. The van der Waals surface area contributed by atoms with E-state index in [-0.39, 0.29) is 5.91 Å². The molecule has 1 aromatic rings. The van der Waals surface area contributed by atoms with Crippen LogP contribution in [-0.2, 0) is 9.53 Å². The Labute approximate surface area is 139 Å². The van der Waals surface area contributed by atoms with E-state index in [9.17, 15) is 4.79 Å². The van der Waals surface area contributed by atoms with Gasteiger partial charge in [0.25, 0.3) is 5.91 Å². The molecule has 1 saturated heterocycles. The molecule has 0 radical (unpaired) electrons. The highest BCUT2D eigenvalue weighted by Gasteiger charge is 2.31. The molecule has 1 aromatic carbocycles. The van der Waals surface area contributed by atoms with Crippen LogP contribution in [0.5, 0.6) is 11.5 Å². The number of carbonyl (C=O) groups is 1. The molecule has 22 heavy (non-hydrogen) atoms. The summed E-state index contributed by atoms with van der Waals surface area (Å²) in [6.45, 7) is 0.907. The fraction of sp³-hybridized carbons (Fsp3) is 0.333. The van der Waals surface area contributed by atoms with Gasteiger partial charge in [0.15, 0.2) is 0 Å². The Balaban J connectivity index is 2.26. The summed E-state index contributed by atoms with van der Waals surface area (Å²) in [5.41, 5.74) is 0.801. The van der Waals surface area contributed by atoms with Gasteiger partial charge in [-0.2, -0.15) is 0 Å². The Hall–Kier alpha value is -1.57. The summed E-state index contributed by atoms with van der Waals surface area (Å²) in [4.78, 5) is 14.5. The van der Waals surface area contributed by atoms with Crippen LogP contribution in [0.3, 0.4) is 0 Å². The van der Waals surface area contributed by atoms with Gasteiger partial charge in [-0.25, -0.2) is 0 Å². The van der Waals surface area contributed by atoms with Crippen molar-refractivity contribution < 1.29 is 19.0 Å². The summed E-state index contributed by atoms with van der Waals surface area (Å²) >= 11 is 6.53. The van der Waals surface area contributed by atoms with E-state index in [0.29, 0.717) is 33.9 Å². The predicted octanol–water partition coefficient (Wildman–Crippen LogP) is 2.55. The van der Waals surface area contributed by atoms with Crippen LogP contribution >= 0.6 is 24.0 Å². The van der Waals surface area contributed by atoms with Gasteiger partial charge in [-0.3, -0.25) is 9.69 Å². The van der Waals surface area contributed by atoms with Crippen molar-refractivity contribution >= 4 is 40.3 Å². The number of nitrogens with zero attached hydrogens (tertiary/aromatic N) is 1. The maximum Gasteiger partial charge on any atom is 0.266 e. The number of hydrogen-bond acceptors (Lipinski definition) is 6. The van der Waals surface area contributed by atoms with Crippen LogP contribution in [0.1, 0.15) is 5.56 Å². The number of benzene rings is 1. The van der Waals surface area contributed by atoms with Gasteiger partial charge in [-0.05, 0) is 18.2 Å². The molecule has 2 rings (SSSR count). The Kier molecular flexibility index (Phi) is 5.82. The van der Waals surface area contributed by atoms with Gasteiger partial charge in [0, 0.05) is 18.7 Å². The highest BCUT2D eigenvalue weighted by atomic mass is 32.2. The molecule has 1 fully saturated rings. The van der Waals surface area contributed by atoms with Crippen molar-refractivity contribution in [3.63, 3.8) is 0 Å². The van der Waals surface area contributed by atoms with Crippen LogP contribution in [0.2, 0.25) is 0 Å². The number of thiocarbonyl (C=S) groups is 1. The third-order valence-corrected chi connectivity index (χ3v) is 4.50. The van der Waals surface area contributed by atoms with Gasteiger partial charge >= 0.3 is 0 Å². The van der Waals surface area contributed by atoms with Crippen molar-refractivity contribution in [1.29, 1.82) is 0 Å². The van der Waals surface area contributed by atoms with Gasteiger partial charge in [0.2, 0.25) is 0 Å². The quantitative estimate of drug-likeness (QED) is 0.586. The summed E-state index contributed by atoms with van der Waals surface area (Å²) in [6.07, 6.45) is 1.78. The topological polar surface area (TPSA) is 48.0 Å². The smallest absolute Gasteiger partial charge is 0.266 e. The van der Waals surface area contributed by atoms with Crippen molar-refractivity contribution in [1.82, 2.24) is 4.90 Å². The summed E-state index contributed by atoms with van der Waals surface area (Å²) < 4.78 is 16.0. The fourth-order valence-corrected chi connectivity index (χ4v) is 3.25. The molecule has 7 heteroatoms. The number of thioether (sulfide) groups is 1. The maximum atomic E-state index is 12.4. The predicted molar refractivity (Wildman–Crippen MR) is 91.3 cm³/mol. The van der Waals surface area contributed by atoms with E-state index in [1.54, 1.807) is 38.4 Å². The van der Waals surface area contributed by atoms with Crippen molar-refractivity contribution in [2.75, 3.05) is 34.5 Å². The lowest BCUT2D eigenvalue weighted by Crippen LogP contribution is -2.31. The molecule has 1 heterocycles. The molecule has 118 valence electrons. The first-order chi connectivity index (χ1) is 10.6. The van der Waals surface area contributed by atoms with Gasteiger partial charge in [-0.15, -0.1) is 0 Å². The Morgan fingerprint density at radius 1 is 1.27 bits per heavy atom. The van der Waals surface area contributed by atoms with E-state index in [1.165, 1.54) is 11.8 Å². The van der Waals surface area contributed by atoms with Crippen LogP contribution < -0.4 is 9.47 Å². The molecule has 5 nitrogen and oxygen atoms in total. The Morgan fingerprint density at radius 2 is 2.05 bits per heavy atom. The van der Waals surface area contributed by atoms with Crippen LogP contribution in [0, 0.1) is 0 Å². The maximum absolute atomic E-state index is 12.4. The summed E-state index contributed by atoms with van der Waals surface area (Å²) in [6, 6.07) is 5.44. The molecular formula is C15H17NO4S2. The lowest BCUT2D eigenvalue weighted by molar-refractivity contribution is -0.122. The van der Waals surface area contributed by atoms with E-state index >= 15 is 0 Å². The molecule has 0 unspecified atom stereocenters. The second-order valence-corrected chi connectivity index (χ2v) is 6.11. The molecule has 0 spiro atoms. The second-order valence-electron chi connectivity index (χ2n) is 4.43. The molecule has 1 aliphatic heterocycles. The molecule has 0 N–H and O–H groups in total. The first-order valence-electron chi connectivity index (χ1n) is 6.57. The van der Waals surface area contributed by atoms with Gasteiger partial charge in [-0.1, -0.05) is 24.0 Å². The summed E-state index contributed by atoms with van der Waals surface area (Å²) in [5.74, 6) is 1.23. The van der Waals surface area contributed by atoms with E-state index in [0.717, 1.165) is 5.56 Å². The lowest BCUT2D eigenvalue weighted by atomic mass is 10.1. The largest absolute Gasteiger partial charge is 0.497 e. The minimum Gasteiger partial charge on any atom is -0.497 e. The third-order valence-electron chi connectivity index (χ3n) is 3.12. The molecule has 0 saturated carbocycles. The van der Waals surface area contributed by atoms with Gasteiger partial charge < -0.3 is 14.2 Å². The van der Waals surface area contributed by atoms with E-state index in [4.69, 9.17) is 26.4 Å². The number of carbonyl (C=O) groups excluding carboxylic acids is 1. The number of amides is 1. The van der Waals surface area contributed by atoms with Gasteiger partial charge in [0.1, 0.15) is 15.8 Å². The minimum atomic E-state index is -0.107. The number of rotatable bonds is 6. The first-order valence-corrected chi connectivity index (χ1v) is 7.79. The first kappa shape index (κ1) is 16.8. The molecule has 0 atom stereocenters. The molecule has 0 aromatic heterocycles. The number of hydrogen-bond donors (Lipinski definition) is 0. The standard InChI is InChI=1S/C15H17NO4S2/c1-18-7-6-16-14(17)13(22-15(16)21)8-10-4-5-11(19-2)9-12(10)20-3/h4-5,8-9H,6-7H2,1-3H3/b13-8-. The van der Waals surface area contributed by atoms with Crippen LogP contribution in [0.15, 0.2) is 23.1 Å². The minimum absolute atomic E-state index is 0.107. The normalized spacial score (nSPS) is 16.5. The van der Waals surface area contributed by atoms with Crippen molar-refractivity contribution in [2.45, 2.75) is 0 Å². The zero-order chi connectivity index (χ0) is 16.1. The average molecular weight is 339 g/mol. The monoisotopic (exact) mass is 339 g/mol. The zero-order valence-corrected chi connectivity index (χ0v) is 14.3. The van der Waals surface area contributed by atoms with Crippen molar-refractivity contribution in [3.8, 4) is 11.5 Å². The van der Waals surface area contributed by atoms with Crippen molar-refractivity contribution in [2.24, 2.45) is 0 Å². The van der Waals surface area contributed by atoms with Crippen LogP contribution in [0.25, 0.3) is 6.08 Å². The summed E-state index contributed by atoms with van der Waals surface area (Å²) in [5, 5.41) is 0. The van der Waals surface area contributed by atoms with Crippen LogP contribution in [0.4, 0.5) is 0 Å². The van der Waals surface area contributed by atoms with Crippen LogP contribution in [-0.4, -0.2) is 49.6 Å². The molecular weight excluding hydrogens is 322 g/mol. The second kappa shape index (κ2) is 7.62. The van der Waals surface area contributed by atoms with E-state index < -0.39 is 0 Å². The molecule has 1 amide bonds. The fourth-order valence-electron chi connectivity index (χ4n) is 1.95. The zero-order valence-electron chi connectivity index (χ0n) is 12.6. The van der Waals surface area contributed by atoms with E-state index in [2.05, 4.69) is 0 Å². The van der Waals surface area contributed by atoms with E-state index in [1.807, 2.05) is 12.1 Å². The molecule has 1 aliphatic rings. The van der Waals surface area contributed by atoms with Gasteiger partial charge in [0.05, 0.1) is 32.3 Å². The average Bonchev–Trinajstić information content (AvgIpc) is 2.79. The number of methoxy groups -OCH3 is 3. The Morgan fingerprint density at radius 3 is 2.68 bits per heavy atom. The highest BCUT2D eigenvalue weighted by Crippen LogP contribution is 2.35. The molecule has 0 aliphatic carbocycles. The molecule has 0 bridgehead atoms. The van der Waals surface area contributed by atoms with Crippen molar-refractivity contribution in [3.05, 3.63) is 28.7 Å². The Bertz CT molecular complexity index is 616. The third kappa shape index (κ3) is 3.60. The summed E-state index contributed by atoms with van der Waals surface area (Å²) in [7, 11) is 4.76. The SMILES string of the molecule is COCCN1C(=O)/C(=C/c2ccc(OC)cc2OC)SC1=S. The highest BCUT2D eigenvalue weighted by molar-refractivity contribution is 8.26.